The number of nitrogens with one attached hydrogen (secondary N) is 1. The summed E-state index contributed by atoms with van der Waals surface area (Å²) >= 11 is 1.79. The van der Waals surface area contributed by atoms with E-state index in [0.717, 1.165) is 18.6 Å². The van der Waals surface area contributed by atoms with E-state index in [0.29, 0.717) is 0 Å². The van der Waals surface area contributed by atoms with Gasteiger partial charge in [-0.25, -0.2) is 0 Å². The van der Waals surface area contributed by atoms with Crippen LogP contribution in [0.2, 0.25) is 0 Å². The third-order valence-electron chi connectivity index (χ3n) is 4.13. The summed E-state index contributed by atoms with van der Waals surface area (Å²) in [6.07, 6.45) is 4.03. The average Bonchev–Trinajstić information content (AvgIpc) is 2.77. The van der Waals surface area contributed by atoms with Crippen molar-refractivity contribution in [1.29, 1.82) is 0 Å². The van der Waals surface area contributed by atoms with Gasteiger partial charge in [0.1, 0.15) is 6.17 Å². The first-order chi connectivity index (χ1) is 10.1. The Morgan fingerprint density at radius 2 is 2.10 bits per heavy atom. The second-order valence-electron chi connectivity index (χ2n) is 5.82. The van der Waals surface area contributed by atoms with Crippen LogP contribution in [0, 0.1) is 6.92 Å². The van der Waals surface area contributed by atoms with E-state index < -0.39 is 0 Å². The summed E-state index contributed by atoms with van der Waals surface area (Å²) in [7, 11) is 0. The van der Waals surface area contributed by atoms with Crippen LogP contribution < -0.4 is 5.32 Å². The first kappa shape index (κ1) is 16.4. The highest BCUT2D eigenvalue weighted by molar-refractivity contribution is 7.98. The largest absolute Gasteiger partial charge is 0.318 e. The summed E-state index contributed by atoms with van der Waals surface area (Å²) < 4.78 is 0. The quantitative estimate of drug-likeness (QED) is 0.875. The Kier molecular flexibility index (Phi) is 5.71. The van der Waals surface area contributed by atoms with Gasteiger partial charge in [0.15, 0.2) is 0 Å². The normalized spacial score (nSPS) is 23.6. The predicted octanol–water partition coefficient (Wildman–Crippen LogP) is 3.35. The number of rotatable bonds is 6. The minimum atomic E-state index is -0.0380. The number of benzene rings is 1. The summed E-state index contributed by atoms with van der Waals surface area (Å²) in [6, 6.07) is 8.56. The second-order valence-corrected chi connectivity index (χ2v) is 6.73. The van der Waals surface area contributed by atoms with E-state index >= 15 is 0 Å². The molecule has 1 saturated heterocycles. The maximum atomic E-state index is 12.8. The molecule has 0 aromatic heterocycles. The van der Waals surface area contributed by atoms with Crippen LogP contribution in [0.4, 0.5) is 0 Å². The van der Waals surface area contributed by atoms with Gasteiger partial charge in [0.25, 0.3) is 0 Å². The van der Waals surface area contributed by atoms with Gasteiger partial charge < -0.3 is 4.90 Å². The highest BCUT2D eigenvalue weighted by Gasteiger charge is 2.41. The maximum Gasteiger partial charge on any atom is 0.241 e. The summed E-state index contributed by atoms with van der Waals surface area (Å²) in [4.78, 5) is 14.8. The number of thioether (sulfide) groups is 1. The van der Waals surface area contributed by atoms with Crippen molar-refractivity contribution >= 4 is 17.7 Å². The van der Waals surface area contributed by atoms with Gasteiger partial charge in [0.2, 0.25) is 5.91 Å². The topological polar surface area (TPSA) is 32.3 Å². The van der Waals surface area contributed by atoms with Crippen LogP contribution in [0.25, 0.3) is 0 Å². The van der Waals surface area contributed by atoms with Crippen molar-refractivity contribution in [3.63, 3.8) is 0 Å². The number of hydrogen-bond acceptors (Lipinski definition) is 3. The molecular weight excluding hydrogens is 280 g/mol. The molecule has 0 aliphatic carbocycles. The Balaban J connectivity index is 2.32. The van der Waals surface area contributed by atoms with Crippen molar-refractivity contribution in [2.75, 3.05) is 12.0 Å². The molecule has 1 fully saturated rings. The van der Waals surface area contributed by atoms with E-state index in [4.69, 9.17) is 0 Å². The average molecular weight is 306 g/mol. The molecule has 0 saturated carbocycles. The SMILES string of the molecule is CCCC1NC(c2ccccc2C)N(C(C)CSC)C1=O. The van der Waals surface area contributed by atoms with Gasteiger partial charge in [-0.2, -0.15) is 11.8 Å². The molecule has 4 heteroatoms. The number of amides is 1. The minimum Gasteiger partial charge on any atom is -0.318 e. The van der Waals surface area contributed by atoms with Gasteiger partial charge in [-0.05, 0) is 37.7 Å². The summed E-state index contributed by atoms with van der Waals surface area (Å²) in [6.45, 7) is 6.40. The zero-order valence-corrected chi connectivity index (χ0v) is 14.2. The van der Waals surface area contributed by atoms with Gasteiger partial charge in [-0.3, -0.25) is 10.1 Å². The van der Waals surface area contributed by atoms with Gasteiger partial charge in [0.05, 0.1) is 6.04 Å². The number of carbonyl (C=O) groups is 1. The van der Waals surface area contributed by atoms with Crippen LogP contribution in [0.3, 0.4) is 0 Å². The smallest absolute Gasteiger partial charge is 0.241 e. The number of aryl methyl sites for hydroxylation is 1. The molecule has 1 aromatic carbocycles. The summed E-state index contributed by atoms with van der Waals surface area (Å²) in [5, 5.41) is 3.56. The van der Waals surface area contributed by atoms with Gasteiger partial charge in [-0.1, -0.05) is 37.6 Å². The molecule has 21 heavy (non-hydrogen) atoms. The molecule has 0 radical (unpaired) electrons. The van der Waals surface area contributed by atoms with E-state index in [1.807, 2.05) is 0 Å². The molecule has 3 nitrogen and oxygen atoms in total. The monoisotopic (exact) mass is 306 g/mol. The molecular formula is C17H26N2OS. The van der Waals surface area contributed by atoms with Crippen molar-refractivity contribution in [3.05, 3.63) is 35.4 Å². The molecule has 1 N–H and O–H groups in total. The van der Waals surface area contributed by atoms with Gasteiger partial charge in [0, 0.05) is 11.8 Å². The first-order valence-electron chi connectivity index (χ1n) is 7.72. The highest BCUT2D eigenvalue weighted by Crippen LogP contribution is 2.31. The Hall–Kier alpha value is -1.00. The maximum absolute atomic E-state index is 12.8. The van der Waals surface area contributed by atoms with Gasteiger partial charge >= 0.3 is 0 Å². The lowest BCUT2D eigenvalue weighted by Gasteiger charge is -2.31. The highest BCUT2D eigenvalue weighted by atomic mass is 32.2. The third kappa shape index (κ3) is 3.43. The number of nitrogens with zero attached hydrogens (tertiary/aromatic N) is 1. The molecule has 1 aliphatic heterocycles. The predicted molar refractivity (Wildman–Crippen MR) is 90.4 cm³/mol. The fourth-order valence-corrected chi connectivity index (χ4v) is 3.71. The Labute approximate surface area is 132 Å². The molecule has 1 aliphatic rings. The lowest BCUT2D eigenvalue weighted by molar-refractivity contribution is -0.131. The second kappa shape index (κ2) is 7.32. The molecule has 1 aromatic rings. The van der Waals surface area contributed by atoms with E-state index in [2.05, 4.69) is 61.5 Å². The molecule has 0 bridgehead atoms. The van der Waals surface area contributed by atoms with Crippen LogP contribution in [-0.4, -0.2) is 34.9 Å². The fourth-order valence-electron chi connectivity index (χ4n) is 3.07. The van der Waals surface area contributed by atoms with Crippen LogP contribution in [0.15, 0.2) is 24.3 Å². The van der Waals surface area contributed by atoms with Crippen molar-refractivity contribution in [2.45, 2.75) is 51.9 Å². The van der Waals surface area contributed by atoms with Crippen molar-refractivity contribution in [1.82, 2.24) is 10.2 Å². The summed E-state index contributed by atoms with van der Waals surface area (Å²) in [5.74, 6) is 1.22. The fraction of sp³-hybridized carbons (Fsp3) is 0.588. The number of carbonyl (C=O) groups excluding carboxylic acids is 1. The molecule has 116 valence electrons. The molecule has 1 amide bonds. The van der Waals surface area contributed by atoms with E-state index in [-0.39, 0.29) is 24.2 Å². The molecule has 3 unspecified atom stereocenters. The third-order valence-corrected chi connectivity index (χ3v) is 4.95. The molecule has 1 heterocycles. The summed E-state index contributed by atoms with van der Waals surface area (Å²) in [5.41, 5.74) is 2.46. The van der Waals surface area contributed by atoms with Crippen LogP contribution in [-0.2, 0) is 4.79 Å². The van der Waals surface area contributed by atoms with Gasteiger partial charge in [-0.15, -0.1) is 0 Å². The number of hydrogen-bond donors (Lipinski definition) is 1. The Morgan fingerprint density at radius 1 is 1.38 bits per heavy atom. The van der Waals surface area contributed by atoms with Crippen molar-refractivity contribution < 1.29 is 4.79 Å². The molecule has 2 rings (SSSR count). The van der Waals surface area contributed by atoms with Crippen molar-refractivity contribution in [2.24, 2.45) is 0 Å². The first-order valence-corrected chi connectivity index (χ1v) is 9.12. The lowest BCUT2D eigenvalue weighted by atomic mass is 10.1. The molecule has 0 spiro atoms. The molecule has 3 atom stereocenters. The van der Waals surface area contributed by atoms with E-state index in [1.165, 1.54) is 11.1 Å². The Morgan fingerprint density at radius 3 is 2.71 bits per heavy atom. The van der Waals surface area contributed by atoms with Crippen LogP contribution in [0.1, 0.15) is 44.0 Å². The van der Waals surface area contributed by atoms with E-state index in [9.17, 15) is 4.79 Å². The zero-order chi connectivity index (χ0) is 15.4. The Bertz CT molecular complexity index is 491. The lowest BCUT2D eigenvalue weighted by Crippen LogP contribution is -2.40. The standard InChI is InChI=1S/C17H26N2OS/c1-5-8-15-17(20)19(13(3)11-21-4)16(18-15)14-10-7-6-9-12(14)2/h6-7,9-10,13,15-16,18H,5,8,11H2,1-4H3. The van der Waals surface area contributed by atoms with Crippen LogP contribution >= 0.6 is 11.8 Å². The van der Waals surface area contributed by atoms with Crippen LogP contribution in [0.5, 0.6) is 0 Å². The van der Waals surface area contributed by atoms with Crippen molar-refractivity contribution in [3.8, 4) is 0 Å². The van der Waals surface area contributed by atoms with E-state index in [1.54, 1.807) is 11.8 Å². The zero-order valence-electron chi connectivity index (χ0n) is 13.4. The minimum absolute atomic E-state index is 0.0115.